The van der Waals surface area contributed by atoms with Crippen molar-refractivity contribution in [2.24, 2.45) is 5.92 Å². The smallest absolute Gasteiger partial charge is 0.256 e. The van der Waals surface area contributed by atoms with Crippen LogP contribution in [0.4, 0.5) is 0 Å². The maximum Gasteiger partial charge on any atom is 0.256 e. The summed E-state index contributed by atoms with van der Waals surface area (Å²) in [4.78, 5) is 18.1. The van der Waals surface area contributed by atoms with E-state index in [1.54, 1.807) is 11.0 Å². The summed E-state index contributed by atoms with van der Waals surface area (Å²) < 4.78 is 24.8. The number of amides is 1. The third-order valence-electron chi connectivity index (χ3n) is 3.44. The number of aromatic nitrogens is 1. The number of halogens is 1. The lowest BCUT2D eigenvalue weighted by Gasteiger charge is -2.32. The second-order valence-corrected chi connectivity index (χ2v) is 7.48. The van der Waals surface area contributed by atoms with E-state index in [1.807, 2.05) is 0 Å². The Morgan fingerprint density at radius 2 is 2.33 bits per heavy atom. The molecule has 1 aliphatic heterocycles. The average Bonchev–Trinajstić information content (AvgIpc) is 2.44. The summed E-state index contributed by atoms with van der Waals surface area (Å²) >= 11 is 6.02. The average molecular weight is 332 g/mol. The van der Waals surface area contributed by atoms with Crippen LogP contribution in [0.2, 0.25) is 5.02 Å². The number of carbonyl (C=O) groups is 1. The number of rotatable bonds is 4. The van der Waals surface area contributed by atoms with E-state index in [9.17, 15) is 13.2 Å². The number of carbonyl (C=O) groups excluding carboxylic acids is 1. The van der Waals surface area contributed by atoms with Gasteiger partial charge in [-0.1, -0.05) is 11.6 Å². The first-order valence-corrected chi connectivity index (χ1v) is 8.97. The monoisotopic (exact) mass is 331 g/mol. The molecule has 1 aromatic heterocycles. The highest BCUT2D eigenvalue weighted by atomic mass is 35.5. The molecule has 1 aliphatic rings. The Hall–Kier alpha value is -1.18. The quantitative estimate of drug-likeness (QED) is 0.897. The largest absolute Gasteiger partial charge is 0.338 e. The summed E-state index contributed by atoms with van der Waals surface area (Å²) in [5.41, 5.74) is 0.385. The molecule has 0 aliphatic carbocycles. The molecular weight excluding hydrogens is 314 g/mol. The summed E-state index contributed by atoms with van der Waals surface area (Å²) in [6.45, 7) is 1.52. The fourth-order valence-corrected chi connectivity index (χ4v) is 3.11. The summed E-state index contributed by atoms with van der Waals surface area (Å²) in [7, 11) is -3.20. The van der Waals surface area contributed by atoms with Gasteiger partial charge in [-0.25, -0.2) is 13.1 Å². The summed E-state index contributed by atoms with van der Waals surface area (Å²) in [6, 6.07) is 1.58. The molecule has 2 heterocycles. The zero-order valence-corrected chi connectivity index (χ0v) is 13.3. The van der Waals surface area contributed by atoms with Crippen molar-refractivity contribution in [3.05, 3.63) is 29.0 Å². The van der Waals surface area contributed by atoms with Gasteiger partial charge in [-0.05, 0) is 24.8 Å². The van der Waals surface area contributed by atoms with Crippen molar-refractivity contribution in [3.63, 3.8) is 0 Å². The summed E-state index contributed by atoms with van der Waals surface area (Å²) in [5, 5.41) is 0.381. The fraction of sp³-hybridized carbons (Fsp3) is 0.538. The van der Waals surface area contributed by atoms with Gasteiger partial charge in [-0.3, -0.25) is 9.78 Å². The van der Waals surface area contributed by atoms with E-state index in [-0.39, 0.29) is 11.8 Å². The Morgan fingerprint density at radius 3 is 3.00 bits per heavy atom. The molecule has 0 aromatic carbocycles. The van der Waals surface area contributed by atoms with Crippen molar-refractivity contribution in [1.82, 2.24) is 14.6 Å². The van der Waals surface area contributed by atoms with E-state index < -0.39 is 10.0 Å². The highest BCUT2D eigenvalue weighted by molar-refractivity contribution is 7.88. The van der Waals surface area contributed by atoms with Crippen LogP contribution in [0.1, 0.15) is 23.2 Å². The molecule has 1 saturated heterocycles. The van der Waals surface area contributed by atoms with Crippen LogP contribution in [-0.4, -0.2) is 50.1 Å². The van der Waals surface area contributed by atoms with Gasteiger partial charge in [0, 0.05) is 32.0 Å². The number of likely N-dealkylation sites (tertiary alicyclic amines) is 1. The molecule has 1 fully saturated rings. The molecule has 1 aromatic rings. The number of hydrogen-bond acceptors (Lipinski definition) is 4. The molecule has 0 radical (unpaired) electrons. The first-order chi connectivity index (χ1) is 9.87. The normalized spacial score (nSPS) is 19.5. The van der Waals surface area contributed by atoms with Crippen molar-refractivity contribution in [2.45, 2.75) is 12.8 Å². The number of pyridine rings is 1. The van der Waals surface area contributed by atoms with Crippen LogP contribution in [0.5, 0.6) is 0 Å². The standard InChI is InChI=1S/C13H18ClN3O3S/c1-21(19,20)16-7-10-3-2-6-17(9-10)13(18)11-8-15-5-4-12(11)14/h4-5,8,10,16H,2-3,6-7,9H2,1H3. The van der Waals surface area contributed by atoms with Crippen LogP contribution in [-0.2, 0) is 10.0 Å². The minimum Gasteiger partial charge on any atom is -0.338 e. The number of nitrogens with zero attached hydrogens (tertiary/aromatic N) is 2. The van der Waals surface area contributed by atoms with Crippen LogP contribution >= 0.6 is 11.6 Å². The van der Waals surface area contributed by atoms with Crippen molar-refractivity contribution < 1.29 is 13.2 Å². The highest BCUT2D eigenvalue weighted by Gasteiger charge is 2.26. The lowest BCUT2D eigenvalue weighted by molar-refractivity contribution is 0.0676. The zero-order chi connectivity index (χ0) is 15.5. The maximum absolute atomic E-state index is 12.4. The summed E-state index contributed by atoms with van der Waals surface area (Å²) in [6.07, 6.45) is 5.87. The molecule has 1 amide bonds. The molecule has 1 N–H and O–H groups in total. The molecule has 0 bridgehead atoms. The number of sulfonamides is 1. The molecular formula is C13H18ClN3O3S. The van der Waals surface area contributed by atoms with Crippen LogP contribution in [0.3, 0.4) is 0 Å². The Balaban J connectivity index is 2.01. The lowest BCUT2D eigenvalue weighted by atomic mass is 9.98. The van der Waals surface area contributed by atoms with Crippen LogP contribution < -0.4 is 4.72 Å². The van der Waals surface area contributed by atoms with Crippen molar-refractivity contribution in [2.75, 3.05) is 25.9 Å². The van der Waals surface area contributed by atoms with Gasteiger partial charge in [0.1, 0.15) is 0 Å². The maximum atomic E-state index is 12.4. The number of piperidine rings is 1. The second-order valence-electron chi connectivity index (χ2n) is 5.24. The van der Waals surface area contributed by atoms with Crippen molar-refractivity contribution in [3.8, 4) is 0 Å². The predicted octanol–water partition coefficient (Wildman–Crippen LogP) is 1.14. The molecule has 2 rings (SSSR count). The van der Waals surface area contributed by atoms with Gasteiger partial charge in [0.2, 0.25) is 10.0 Å². The number of nitrogens with one attached hydrogen (secondary N) is 1. The van der Waals surface area contributed by atoms with E-state index in [2.05, 4.69) is 9.71 Å². The highest BCUT2D eigenvalue weighted by Crippen LogP contribution is 2.21. The molecule has 21 heavy (non-hydrogen) atoms. The van der Waals surface area contributed by atoms with Crippen LogP contribution in [0, 0.1) is 5.92 Å². The Bertz CT molecular complexity index is 621. The molecule has 0 spiro atoms. The van der Waals surface area contributed by atoms with Gasteiger partial charge in [-0.15, -0.1) is 0 Å². The van der Waals surface area contributed by atoms with Crippen LogP contribution in [0.25, 0.3) is 0 Å². The molecule has 1 atom stereocenters. The zero-order valence-electron chi connectivity index (χ0n) is 11.8. The van der Waals surface area contributed by atoms with E-state index in [4.69, 9.17) is 11.6 Å². The Kier molecular flexibility index (Phi) is 5.18. The predicted molar refractivity (Wildman–Crippen MR) is 80.7 cm³/mol. The van der Waals surface area contributed by atoms with Gasteiger partial charge in [-0.2, -0.15) is 0 Å². The van der Waals surface area contributed by atoms with Gasteiger partial charge in [0.15, 0.2) is 0 Å². The SMILES string of the molecule is CS(=O)(=O)NCC1CCCN(C(=O)c2cnccc2Cl)C1. The molecule has 0 saturated carbocycles. The van der Waals surface area contributed by atoms with Gasteiger partial charge in [0.05, 0.1) is 16.8 Å². The molecule has 1 unspecified atom stereocenters. The Labute approximate surface area is 129 Å². The number of hydrogen-bond donors (Lipinski definition) is 1. The summed E-state index contributed by atoms with van der Waals surface area (Å²) in [5.74, 6) is -0.0370. The Morgan fingerprint density at radius 1 is 1.57 bits per heavy atom. The minimum atomic E-state index is -3.20. The molecule has 116 valence electrons. The molecule has 6 nitrogen and oxygen atoms in total. The van der Waals surface area contributed by atoms with E-state index >= 15 is 0 Å². The van der Waals surface area contributed by atoms with E-state index in [0.29, 0.717) is 30.2 Å². The van der Waals surface area contributed by atoms with Crippen molar-refractivity contribution in [1.29, 1.82) is 0 Å². The van der Waals surface area contributed by atoms with Crippen LogP contribution in [0.15, 0.2) is 18.5 Å². The first-order valence-electron chi connectivity index (χ1n) is 6.70. The third-order valence-corrected chi connectivity index (χ3v) is 4.46. The fourth-order valence-electron chi connectivity index (χ4n) is 2.39. The van der Waals surface area contributed by atoms with Gasteiger partial charge >= 0.3 is 0 Å². The second kappa shape index (κ2) is 6.72. The van der Waals surface area contributed by atoms with E-state index in [1.165, 1.54) is 12.4 Å². The van der Waals surface area contributed by atoms with E-state index in [0.717, 1.165) is 19.1 Å². The topological polar surface area (TPSA) is 79.4 Å². The lowest BCUT2D eigenvalue weighted by Crippen LogP contribution is -2.43. The molecule has 8 heteroatoms. The first kappa shape index (κ1) is 16.2. The van der Waals surface area contributed by atoms with Gasteiger partial charge < -0.3 is 4.90 Å². The van der Waals surface area contributed by atoms with Gasteiger partial charge in [0.25, 0.3) is 5.91 Å². The van der Waals surface area contributed by atoms with Crippen molar-refractivity contribution >= 4 is 27.5 Å². The third kappa shape index (κ3) is 4.66. The minimum absolute atomic E-state index is 0.118.